The molecule has 0 aliphatic carbocycles. The van der Waals surface area contributed by atoms with Crippen molar-refractivity contribution in [2.75, 3.05) is 26.4 Å². The van der Waals surface area contributed by atoms with Gasteiger partial charge in [-0.15, -0.1) is 18.3 Å². The molecule has 34 heavy (non-hydrogen) atoms. The summed E-state index contributed by atoms with van der Waals surface area (Å²) in [6.07, 6.45) is -9.28. The Labute approximate surface area is 188 Å². The van der Waals surface area contributed by atoms with E-state index in [2.05, 4.69) is 20.3 Å². The molecule has 0 unspecified atom stereocenters. The van der Waals surface area contributed by atoms with Crippen LogP contribution in [-0.4, -0.2) is 54.9 Å². The summed E-state index contributed by atoms with van der Waals surface area (Å²) in [4.78, 5) is 12.0. The van der Waals surface area contributed by atoms with Crippen LogP contribution in [0.1, 0.15) is 30.4 Å². The zero-order chi connectivity index (χ0) is 24.8. The van der Waals surface area contributed by atoms with Crippen LogP contribution in [0.5, 0.6) is 11.8 Å². The lowest BCUT2D eigenvalue weighted by molar-refractivity contribution is -0.325. The summed E-state index contributed by atoms with van der Waals surface area (Å²) in [6, 6.07) is 3.60. The average Bonchev–Trinajstić information content (AvgIpc) is 3.24. The summed E-state index contributed by atoms with van der Waals surface area (Å²) in [6.45, 7) is -1.48. The maximum Gasteiger partial charge on any atom is 0.522 e. The van der Waals surface area contributed by atoms with Gasteiger partial charge in [-0.25, -0.2) is 0 Å². The summed E-state index contributed by atoms with van der Waals surface area (Å²) in [7, 11) is 0. The lowest BCUT2D eigenvalue weighted by atomic mass is 10.1. The molecule has 0 saturated carbocycles. The van der Waals surface area contributed by atoms with Gasteiger partial charge in [0.1, 0.15) is 18.5 Å². The van der Waals surface area contributed by atoms with Crippen LogP contribution >= 0.6 is 0 Å². The van der Waals surface area contributed by atoms with Crippen LogP contribution in [0.15, 0.2) is 28.7 Å². The minimum Gasteiger partial charge on any atom is -0.484 e. The number of nitrogens with zero attached hydrogens (tertiary/aromatic N) is 2. The first-order valence-corrected chi connectivity index (χ1v) is 9.87. The molecule has 1 aliphatic heterocycles. The quantitative estimate of drug-likeness (QED) is 0.414. The molecule has 1 fully saturated rings. The number of carbonyl (C=O) groups is 1. The van der Waals surface area contributed by atoms with Crippen LogP contribution in [0, 0.1) is 0 Å². The molecular formula is C19H19F6N3O6. The van der Waals surface area contributed by atoms with E-state index in [1.165, 1.54) is 0 Å². The number of halogens is 6. The molecule has 15 heteroatoms. The highest BCUT2D eigenvalue weighted by Crippen LogP contribution is 2.30. The Kier molecular flexibility index (Phi) is 8.19. The number of hydrogen-bond acceptors (Lipinski definition) is 8. The minimum atomic E-state index is -4.76. The summed E-state index contributed by atoms with van der Waals surface area (Å²) in [5, 5.41) is 9.97. The van der Waals surface area contributed by atoms with Gasteiger partial charge in [0.2, 0.25) is 5.89 Å². The number of benzene rings is 1. The second-order valence-corrected chi connectivity index (χ2v) is 7.02. The van der Waals surface area contributed by atoms with E-state index in [-0.39, 0.29) is 30.4 Å². The molecule has 1 aliphatic rings. The fourth-order valence-corrected chi connectivity index (χ4v) is 2.91. The fraction of sp³-hybridized carbons (Fsp3) is 0.526. The van der Waals surface area contributed by atoms with Crippen LogP contribution in [0.3, 0.4) is 0 Å². The minimum absolute atomic E-state index is 0.0714. The molecule has 0 radical (unpaired) electrons. The van der Waals surface area contributed by atoms with Crippen LogP contribution in [-0.2, 0) is 20.4 Å². The first kappa shape index (κ1) is 25.6. The number of ether oxygens (including phenoxy) is 4. The Balaban J connectivity index is 1.35. The molecule has 1 aromatic carbocycles. The van der Waals surface area contributed by atoms with E-state index in [4.69, 9.17) is 18.6 Å². The SMILES string of the molecule is O=C(COc1ccc(C(F)(F)F)cc1)N[C@@H]1CC[C@@H](c2nnc(OCCOC(F)(F)F)o2)OC1. The molecule has 188 valence electrons. The van der Waals surface area contributed by atoms with Crippen LogP contribution in [0.4, 0.5) is 26.3 Å². The Bertz CT molecular complexity index is 926. The summed E-state index contributed by atoms with van der Waals surface area (Å²) in [5.41, 5.74) is -0.825. The highest BCUT2D eigenvalue weighted by atomic mass is 19.4. The van der Waals surface area contributed by atoms with Gasteiger partial charge in [-0.05, 0) is 37.1 Å². The van der Waals surface area contributed by atoms with Gasteiger partial charge in [0.05, 0.1) is 24.8 Å². The van der Waals surface area contributed by atoms with E-state index in [1.54, 1.807) is 0 Å². The molecule has 1 amide bonds. The van der Waals surface area contributed by atoms with Gasteiger partial charge in [0, 0.05) is 0 Å². The van der Waals surface area contributed by atoms with Crippen molar-refractivity contribution in [1.82, 2.24) is 15.5 Å². The molecule has 0 bridgehead atoms. The van der Waals surface area contributed by atoms with Crippen molar-refractivity contribution in [2.45, 2.75) is 37.5 Å². The summed E-state index contributed by atoms with van der Waals surface area (Å²) in [5.74, 6) is -0.300. The van der Waals surface area contributed by atoms with Crippen molar-refractivity contribution in [3.63, 3.8) is 0 Å². The van der Waals surface area contributed by atoms with Crippen molar-refractivity contribution >= 4 is 5.91 Å². The molecule has 1 saturated heterocycles. The Morgan fingerprint density at radius 1 is 1.03 bits per heavy atom. The van der Waals surface area contributed by atoms with Gasteiger partial charge in [0.25, 0.3) is 5.91 Å². The normalized spacial score (nSPS) is 19.0. The van der Waals surface area contributed by atoms with Gasteiger partial charge >= 0.3 is 18.6 Å². The van der Waals surface area contributed by atoms with Crippen molar-refractivity contribution in [3.05, 3.63) is 35.7 Å². The third-order valence-electron chi connectivity index (χ3n) is 4.46. The maximum absolute atomic E-state index is 12.6. The van der Waals surface area contributed by atoms with Gasteiger partial charge < -0.3 is 23.9 Å². The smallest absolute Gasteiger partial charge is 0.484 e. The molecule has 2 atom stereocenters. The van der Waals surface area contributed by atoms with E-state index in [1.807, 2.05) is 0 Å². The first-order chi connectivity index (χ1) is 16.0. The second kappa shape index (κ2) is 10.9. The number of rotatable bonds is 9. The fourth-order valence-electron chi connectivity index (χ4n) is 2.91. The average molecular weight is 499 g/mol. The number of nitrogens with one attached hydrogen (secondary N) is 1. The highest BCUT2D eigenvalue weighted by Gasteiger charge is 2.31. The van der Waals surface area contributed by atoms with Crippen LogP contribution in [0.2, 0.25) is 0 Å². The second-order valence-electron chi connectivity index (χ2n) is 7.02. The number of amides is 1. The number of hydrogen-bond donors (Lipinski definition) is 1. The summed E-state index contributed by atoms with van der Waals surface area (Å²) >= 11 is 0. The predicted molar refractivity (Wildman–Crippen MR) is 98.6 cm³/mol. The molecule has 0 spiro atoms. The molecule has 1 N–H and O–H groups in total. The molecule has 9 nitrogen and oxygen atoms in total. The van der Waals surface area contributed by atoms with Crippen LogP contribution < -0.4 is 14.8 Å². The number of carbonyl (C=O) groups excluding carboxylic acids is 1. The van der Waals surface area contributed by atoms with Crippen LogP contribution in [0.25, 0.3) is 0 Å². The maximum atomic E-state index is 12.6. The van der Waals surface area contributed by atoms with E-state index in [9.17, 15) is 31.1 Å². The largest absolute Gasteiger partial charge is 0.522 e. The predicted octanol–water partition coefficient (Wildman–Crippen LogP) is 3.42. The van der Waals surface area contributed by atoms with Gasteiger partial charge in [-0.3, -0.25) is 9.53 Å². The topological polar surface area (TPSA) is 105 Å². The Hall–Kier alpha value is -3.07. The van der Waals surface area contributed by atoms with Crippen molar-refractivity contribution in [2.24, 2.45) is 0 Å². The molecule has 1 aromatic heterocycles. The van der Waals surface area contributed by atoms with Crippen molar-refractivity contribution in [1.29, 1.82) is 0 Å². The lowest BCUT2D eigenvalue weighted by Crippen LogP contribution is -2.43. The monoisotopic (exact) mass is 499 g/mol. The number of alkyl halides is 6. The highest BCUT2D eigenvalue weighted by molar-refractivity contribution is 5.77. The lowest BCUT2D eigenvalue weighted by Gasteiger charge is -2.27. The van der Waals surface area contributed by atoms with Crippen molar-refractivity contribution < 1.29 is 54.5 Å². The van der Waals surface area contributed by atoms with E-state index >= 15 is 0 Å². The zero-order valence-electron chi connectivity index (χ0n) is 17.3. The van der Waals surface area contributed by atoms with Gasteiger partial charge in [-0.1, -0.05) is 5.10 Å². The zero-order valence-corrected chi connectivity index (χ0v) is 17.3. The summed E-state index contributed by atoms with van der Waals surface area (Å²) < 4.78 is 97.8. The van der Waals surface area contributed by atoms with E-state index < -0.39 is 49.9 Å². The Morgan fingerprint density at radius 2 is 1.76 bits per heavy atom. The molecule has 3 rings (SSSR count). The number of aromatic nitrogens is 2. The molecular weight excluding hydrogens is 480 g/mol. The first-order valence-electron chi connectivity index (χ1n) is 9.87. The van der Waals surface area contributed by atoms with Crippen molar-refractivity contribution in [3.8, 4) is 11.8 Å². The Morgan fingerprint density at radius 3 is 2.38 bits per heavy atom. The molecule has 2 heterocycles. The standard InChI is InChI=1S/C19H19F6N3O6/c20-18(21,22)11-1-4-13(5-2-11)31-10-15(29)26-12-3-6-14(32-9-12)16-27-28-17(34-16)30-7-8-33-19(23,24)25/h1-2,4-5,12,14H,3,6-10H2,(H,26,29)/t12-,14+/m1/s1. The van der Waals surface area contributed by atoms with Gasteiger partial charge in [0.15, 0.2) is 6.61 Å². The van der Waals surface area contributed by atoms with Gasteiger partial charge in [-0.2, -0.15) is 13.2 Å². The van der Waals surface area contributed by atoms with E-state index in [0.29, 0.717) is 12.8 Å². The van der Waals surface area contributed by atoms with E-state index in [0.717, 1.165) is 24.3 Å². The molecule has 2 aromatic rings. The third kappa shape index (κ3) is 8.06. The third-order valence-corrected chi connectivity index (χ3v) is 4.46.